The van der Waals surface area contributed by atoms with E-state index >= 15 is 0 Å². The fourth-order valence-corrected chi connectivity index (χ4v) is 4.00. The van der Waals surface area contributed by atoms with E-state index in [9.17, 15) is 5.26 Å². The number of unbranched alkanes of at least 4 members (excludes halogenated alkanes) is 1. The predicted molar refractivity (Wildman–Crippen MR) is 112 cm³/mol. The van der Waals surface area contributed by atoms with Crippen molar-refractivity contribution < 1.29 is 4.74 Å². The number of benzene rings is 1. The van der Waals surface area contributed by atoms with Crippen LogP contribution in [-0.2, 0) is 12.0 Å². The maximum Gasteiger partial charge on any atom is 0.207 e. The third-order valence-corrected chi connectivity index (χ3v) is 5.16. The van der Waals surface area contributed by atoms with Gasteiger partial charge in [0.15, 0.2) is 10.6 Å². The maximum absolute atomic E-state index is 9.18. The number of ether oxygens (including phenoxy) is 1. The molecule has 0 aliphatic carbocycles. The highest BCUT2D eigenvalue weighted by Crippen LogP contribution is 2.25. The summed E-state index contributed by atoms with van der Waals surface area (Å²) in [6.45, 7) is 9.60. The highest BCUT2D eigenvalue weighted by Gasteiger charge is 2.20. The molecule has 5 nitrogen and oxygen atoms in total. The van der Waals surface area contributed by atoms with Gasteiger partial charge < -0.3 is 9.30 Å². The lowest BCUT2D eigenvalue weighted by Gasteiger charge is -2.21. The molecule has 7 heteroatoms. The molecule has 1 aromatic carbocycles. The van der Waals surface area contributed by atoms with Gasteiger partial charge in [0.05, 0.1) is 12.7 Å². The van der Waals surface area contributed by atoms with Gasteiger partial charge in [-0.2, -0.15) is 15.2 Å². The van der Waals surface area contributed by atoms with E-state index in [1.165, 1.54) is 5.69 Å². The average molecular weight is 405 g/mol. The van der Waals surface area contributed by atoms with Crippen LogP contribution in [0.5, 0.6) is 5.75 Å². The highest BCUT2D eigenvalue weighted by atomic mass is 35.5. The van der Waals surface area contributed by atoms with Crippen molar-refractivity contribution in [2.45, 2.75) is 52.5 Å². The van der Waals surface area contributed by atoms with Gasteiger partial charge in [0.25, 0.3) is 0 Å². The molecule has 0 fully saturated rings. The summed E-state index contributed by atoms with van der Waals surface area (Å²) >= 11 is 7.70. The molecule has 144 valence electrons. The SMILES string of the molecule is CCCCn1c(C(C)(C)C)cs/c1=N\C(=NC#N)c1cc(Cl)ccc1OC. The van der Waals surface area contributed by atoms with Gasteiger partial charge in [-0.05, 0) is 24.6 Å². The largest absolute Gasteiger partial charge is 0.496 e. The third kappa shape index (κ3) is 5.21. The fourth-order valence-electron chi connectivity index (χ4n) is 2.68. The summed E-state index contributed by atoms with van der Waals surface area (Å²) in [5, 5.41) is 11.8. The number of hydrogen-bond donors (Lipinski definition) is 0. The van der Waals surface area contributed by atoms with Crippen LogP contribution in [0.2, 0.25) is 5.02 Å². The zero-order valence-corrected chi connectivity index (χ0v) is 18.0. The van der Waals surface area contributed by atoms with Gasteiger partial charge in [-0.3, -0.25) is 0 Å². The monoisotopic (exact) mass is 404 g/mol. The minimum Gasteiger partial charge on any atom is -0.496 e. The topological polar surface area (TPSA) is 62.7 Å². The quantitative estimate of drug-likeness (QED) is 0.393. The summed E-state index contributed by atoms with van der Waals surface area (Å²) in [5.74, 6) is 0.870. The van der Waals surface area contributed by atoms with Crippen molar-refractivity contribution in [3.05, 3.63) is 44.7 Å². The van der Waals surface area contributed by atoms with Crippen LogP contribution in [0.4, 0.5) is 0 Å². The number of amidine groups is 1. The molecule has 1 heterocycles. The molecule has 0 atom stereocenters. The Morgan fingerprint density at radius 3 is 2.70 bits per heavy atom. The van der Waals surface area contributed by atoms with Crippen LogP contribution in [0.1, 0.15) is 51.8 Å². The van der Waals surface area contributed by atoms with Crippen molar-refractivity contribution in [2.75, 3.05) is 7.11 Å². The minimum atomic E-state index is -0.00170. The molecule has 0 N–H and O–H groups in total. The van der Waals surface area contributed by atoms with Crippen LogP contribution in [0.25, 0.3) is 0 Å². The molecule has 0 unspecified atom stereocenters. The Labute approximate surface area is 169 Å². The first-order valence-corrected chi connectivity index (χ1v) is 10.1. The summed E-state index contributed by atoms with van der Waals surface area (Å²) in [6, 6.07) is 5.20. The summed E-state index contributed by atoms with van der Waals surface area (Å²) in [5.41, 5.74) is 1.81. The van der Waals surface area contributed by atoms with Crippen molar-refractivity contribution >= 4 is 28.8 Å². The van der Waals surface area contributed by atoms with E-state index in [1.807, 2.05) is 6.19 Å². The molecule has 0 amide bonds. The van der Waals surface area contributed by atoms with Crippen LogP contribution >= 0.6 is 22.9 Å². The molecule has 1 aromatic heterocycles. The zero-order chi connectivity index (χ0) is 20.0. The second-order valence-electron chi connectivity index (χ2n) is 7.15. The first-order valence-electron chi connectivity index (χ1n) is 8.86. The fraction of sp³-hybridized carbons (Fsp3) is 0.450. The number of methoxy groups -OCH3 is 1. The van der Waals surface area contributed by atoms with Crippen LogP contribution < -0.4 is 9.54 Å². The lowest BCUT2D eigenvalue weighted by atomic mass is 9.93. The Balaban J connectivity index is 2.67. The van der Waals surface area contributed by atoms with Crippen molar-refractivity contribution in [1.82, 2.24) is 4.57 Å². The van der Waals surface area contributed by atoms with E-state index in [0.29, 0.717) is 22.2 Å². The number of thiazole rings is 1. The third-order valence-electron chi connectivity index (χ3n) is 4.06. The van der Waals surface area contributed by atoms with Gasteiger partial charge in [0.2, 0.25) is 6.19 Å². The van der Waals surface area contributed by atoms with Crippen LogP contribution in [0.3, 0.4) is 0 Å². The average Bonchev–Trinajstić information content (AvgIpc) is 3.02. The Kier molecular flexibility index (Phi) is 7.23. The Bertz CT molecular complexity index is 929. The molecular weight excluding hydrogens is 380 g/mol. The van der Waals surface area contributed by atoms with Gasteiger partial charge in [-0.15, -0.1) is 11.3 Å². The number of hydrogen-bond acceptors (Lipinski definition) is 4. The van der Waals surface area contributed by atoms with E-state index in [4.69, 9.17) is 21.3 Å². The standard InChI is InChI=1S/C20H25ClN4OS/c1-6-7-10-25-17(20(2,3)4)12-27-19(25)24-18(23-13-22)15-11-14(21)8-9-16(15)26-5/h8-9,11-12H,6-7,10H2,1-5H3/b23-18?,24-19-. The molecule has 2 rings (SSSR count). The Morgan fingerprint density at radius 2 is 2.11 bits per heavy atom. The molecule has 0 aliphatic rings. The van der Waals surface area contributed by atoms with E-state index in [0.717, 1.165) is 24.2 Å². The van der Waals surface area contributed by atoms with Crippen molar-refractivity contribution in [3.8, 4) is 11.9 Å². The first kappa shape index (κ1) is 21.2. The molecule has 0 bridgehead atoms. The van der Waals surface area contributed by atoms with Gasteiger partial charge in [0.1, 0.15) is 5.75 Å². The van der Waals surface area contributed by atoms with Gasteiger partial charge in [-0.25, -0.2) is 0 Å². The Morgan fingerprint density at radius 1 is 1.37 bits per heavy atom. The van der Waals surface area contributed by atoms with Gasteiger partial charge >= 0.3 is 0 Å². The number of nitriles is 1. The number of halogens is 1. The lowest BCUT2D eigenvalue weighted by Crippen LogP contribution is -2.25. The van der Waals surface area contributed by atoms with Crippen LogP contribution in [-0.4, -0.2) is 17.5 Å². The number of aromatic nitrogens is 1. The molecule has 0 aliphatic heterocycles. The van der Waals surface area contributed by atoms with Crippen molar-refractivity contribution in [1.29, 1.82) is 5.26 Å². The molecule has 0 spiro atoms. The summed E-state index contributed by atoms with van der Waals surface area (Å²) in [7, 11) is 1.57. The first-order chi connectivity index (χ1) is 12.8. The molecule has 0 saturated carbocycles. The number of aliphatic imine (C=N–C) groups is 1. The zero-order valence-electron chi connectivity index (χ0n) is 16.4. The number of nitrogens with zero attached hydrogens (tertiary/aromatic N) is 4. The predicted octanol–water partition coefficient (Wildman–Crippen LogP) is 5.14. The van der Waals surface area contributed by atoms with Crippen LogP contribution in [0, 0.1) is 11.5 Å². The van der Waals surface area contributed by atoms with Crippen LogP contribution in [0.15, 0.2) is 33.6 Å². The van der Waals surface area contributed by atoms with Crippen molar-refractivity contribution in [2.24, 2.45) is 9.98 Å². The normalized spacial score (nSPS) is 12.9. The second kappa shape index (κ2) is 9.20. The second-order valence-corrected chi connectivity index (χ2v) is 8.42. The smallest absolute Gasteiger partial charge is 0.207 e. The summed E-state index contributed by atoms with van der Waals surface area (Å²) < 4.78 is 7.63. The summed E-state index contributed by atoms with van der Waals surface area (Å²) in [4.78, 5) is 9.48. The molecule has 0 saturated heterocycles. The van der Waals surface area contributed by atoms with Gasteiger partial charge in [-0.1, -0.05) is 45.7 Å². The molecule has 2 aromatic rings. The molecular formula is C20H25ClN4OS. The van der Waals surface area contributed by atoms with E-state index < -0.39 is 0 Å². The lowest BCUT2D eigenvalue weighted by molar-refractivity contribution is 0.414. The van der Waals surface area contributed by atoms with E-state index in [1.54, 1.807) is 36.6 Å². The van der Waals surface area contributed by atoms with E-state index in [2.05, 4.69) is 42.6 Å². The molecule has 27 heavy (non-hydrogen) atoms. The van der Waals surface area contributed by atoms with E-state index in [-0.39, 0.29) is 5.41 Å². The highest BCUT2D eigenvalue weighted by molar-refractivity contribution is 7.07. The van der Waals surface area contributed by atoms with Gasteiger partial charge in [0, 0.05) is 28.1 Å². The minimum absolute atomic E-state index is 0.00170. The molecule has 0 radical (unpaired) electrons. The number of rotatable bonds is 5. The Hall–Kier alpha value is -2.10. The maximum atomic E-state index is 9.18. The van der Waals surface area contributed by atoms with Crippen molar-refractivity contribution in [3.63, 3.8) is 0 Å². The summed E-state index contributed by atoms with van der Waals surface area (Å²) in [6.07, 6.45) is 3.99.